The molecule has 6 heteroatoms. The van der Waals surface area contributed by atoms with Gasteiger partial charge in [0.2, 0.25) is 0 Å². The molecule has 1 amide bonds. The number of thiophene rings is 1. The Morgan fingerprint density at radius 1 is 1.50 bits per heavy atom. The van der Waals surface area contributed by atoms with E-state index in [0.29, 0.717) is 17.5 Å². The monoisotopic (exact) mass is 335 g/mol. The lowest BCUT2D eigenvalue weighted by atomic mass is 10.0. The third kappa shape index (κ3) is 3.74. The summed E-state index contributed by atoms with van der Waals surface area (Å²) in [4.78, 5) is 19.7. The molecule has 4 nitrogen and oxygen atoms in total. The molecule has 1 N–H and O–H groups in total. The minimum absolute atomic E-state index is 0.0105. The van der Waals surface area contributed by atoms with Gasteiger partial charge >= 0.3 is 0 Å². The molecule has 118 valence electrons. The van der Waals surface area contributed by atoms with Gasteiger partial charge in [0.25, 0.3) is 5.91 Å². The standard InChI is InChI=1S/C16H21N3OS2/c1-12-4-2-3-7-19(12)8-6-17-15(20)14-10-18-16(22-14)13-5-9-21-11-13/h5,9-12H,2-4,6-8H2,1H3,(H,17,20). The predicted molar refractivity (Wildman–Crippen MR) is 92.6 cm³/mol. The van der Waals surface area contributed by atoms with E-state index in [1.165, 1.54) is 30.6 Å². The number of nitrogens with one attached hydrogen (secondary N) is 1. The van der Waals surface area contributed by atoms with Gasteiger partial charge in [-0.25, -0.2) is 4.98 Å². The van der Waals surface area contributed by atoms with Crippen LogP contribution in [0.15, 0.2) is 23.0 Å². The van der Waals surface area contributed by atoms with Crippen molar-refractivity contribution in [2.45, 2.75) is 32.2 Å². The number of likely N-dealkylation sites (tertiary alicyclic amines) is 1. The predicted octanol–water partition coefficient (Wildman–Crippen LogP) is 3.48. The number of aromatic nitrogens is 1. The van der Waals surface area contributed by atoms with Gasteiger partial charge in [0, 0.05) is 30.1 Å². The van der Waals surface area contributed by atoms with Crippen molar-refractivity contribution in [3.8, 4) is 10.6 Å². The van der Waals surface area contributed by atoms with Gasteiger partial charge in [-0.3, -0.25) is 9.69 Å². The Balaban J connectivity index is 1.50. The fraction of sp³-hybridized carbons (Fsp3) is 0.500. The summed E-state index contributed by atoms with van der Waals surface area (Å²) in [5, 5.41) is 8.01. The summed E-state index contributed by atoms with van der Waals surface area (Å²) in [6, 6.07) is 2.67. The number of carbonyl (C=O) groups excluding carboxylic acids is 1. The molecular formula is C16H21N3OS2. The van der Waals surface area contributed by atoms with E-state index in [2.05, 4.69) is 27.5 Å². The van der Waals surface area contributed by atoms with Crippen LogP contribution in [-0.2, 0) is 0 Å². The summed E-state index contributed by atoms with van der Waals surface area (Å²) in [6.07, 6.45) is 5.55. The van der Waals surface area contributed by atoms with Crippen molar-refractivity contribution in [3.05, 3.63) is 27.9 Å². The summed E-state index contributed by atoms with van der Waals surface area (Å²) in [5.41, 5.74) is 1.09. The maximum atomic E-state index is 12.2. The molecule has 0 aromatic carbocycles. The molecule has 1 atom stereocenters. The molecule has 1 aliphatic heterocycles. The number of thiazole rings is 1. The molecule has 1 unspecified atom stereocenters. The molecule has 0 spiro atoms. The van der Waals surface area contributed by atoms with Crippen LogP contribution in [0.4, 0.5) is 0 Å². The maximum Gasteiger partial charge on any atom is 0.263 e. The SMILES string of the molecule is CC1CCCCN1CCNC(=O)c1cnc(-c2ccsc2)s1. The summed E-state index contributed by atoms with van der Waals surface area (Å²) >= 11 is 3.10. The number of carbonyl (C=O) groups is 1. The quantitative estimate of drug-likeness (QED) is 0.910. The van der Waals surface area contributed by atoms with Crippen molar-refractivity contribution in [3.63, 3.8) is 0 Å². The van der Waals surface area contributed by atoms with Crippen LogP contribution in [0.5, 0.6) is 0 Å². The molecule has 22 heavy (non-hydrogen) atoms. The van der Waals surface area contributed by atoms with Crippen molar-refractivity contribution >= 4 is 28.6 Å². The van der Waals surface area contributed by atoms with Crippen LogP contribution in [0.25, 0.3) is 10.6 Å². The number of rotatable bonds is 5. The van der Waals surface area contributed by atoms with Crippen LogP contribution in [0.2, 0.25) is 0 Å². The molecule has 2 aromatic heterocycles. The lowest BCUT2D eigenvalue weighted by molar-refractivity contribution is 0.0942. The number of nitrogens with zero attached hydrogens (tertiary/aromatic N) is 2. The Morgan fingerprint density at radius 3 is 3.18 bits per heavy atom. The van der Waals surface area contributed by atoms with Gasteiger partial charge in [0.15, 0.2) is 0 Å². The first-order valence-corrected chi connectivity index (χ1v) is 9.50. The number of piperidine rings is 1. The molecule has 3 heterocycles. The zero-order valence-corrected chi connectivity index (χ0v) is 14.4. The van der Waals surface area contributed by atoms with Crippen LogP contribution >= 0.6 is 22.7 Å². The first-order chi connectivity index (χ1) is 10.7. The van der Waals surface area contributed by atoms with Crippen molar-refractivity contribution in [2.24, 2.45) is 0 Å². The molecule has 2 aromatic rings. The number of hydrogen-bond acceptors (Lipinski definition) is 5. The van der Waals surface area contributed by atoms with E-state index in [1.807, 2.05) is 11.4 Å². The van der Waals surface area contributed by atoms with Gasteiger partial charge in [-0.1, -0.05) is 6.42 Å². The largest absolute Gasteiger partial charge is 0.350 e. The van der Waals surface area contributed by atoms with Crippen LogP contribution in [0, 0.1) is 0 Å². The molecule has 1 fully saturated rings. The number of hydrogen-bond donors (Lipinski definition) is 1. The molecule has 1 saturated heterocycles. The van der Waals surface area contributed by atoms with Gasteiger partial charge in [-0.05, 0) is 37.8 Å². The van der Waals surface area contributed by atoms with Gasteiger partial charge < -0.3 is 5.32 Å². The minimum Gasteiger partial charge on any atom is -0.350 e. The Morgan fingerprint density at radius 2 is 2.41 bits per heavy atom. The van der Waals surface area contributed by atoms with Crippen LogP contribution in [0.1, 0.15) is 35.9 Å². The minimum atomic E-state index is -0.0105. The molecule has 1 aliphatic rings. The highest BCUT2D eigenvalue weighted by Gasteiger charge is 2.18. The Labute approximate surface area is 139 Å². The molecule has 3 rings (SSSR count). The zero-order chi connectivity index (χ0) is 15.4. The fourth-order valence-corrected chi connectivity index (χ4v) is 4.33. The van der Waals surface area contributed by atoms with Crippen molar-refractivity contribution in [2.75, 3.05) is 19.6 Å². The summed E-state index contributed by atoms with van der Waals surface area (Å²) in [6.45, 7) is 5.06. The second-order valence-electron chi connectivity index (χ2n) is 5.68. The van der Waals surface area contributed by atoms with Crippen molar-refractivity contribution in [1.29, 1.82) is 0 Å². The van der Waals surface area contributed by atoms with E-state index in [1.54, 1.807) is 17.5 Å². The van der Waals surface area contributed by atoms with Gasteiger partial charge in [-0.2, -0.15) is 11.3 Å². The second-order valence-corrected chi connectivity index (χ2v) is 7.49. The van der Waals surface area contributed by atoms with E-state index in [4.69, 9.17) is 0 Å². The van der Waals surface area contributed by atoms with Crippen LogP contribution in [0.3, 0.4) is 0 Å². The lowest BCUT2D eigenvalue weighted by Crippen LogP contribution is -2.42. The second kappa shape index (κ2) is 7.35. The molecule has 0 aliphatic carbocycles. The first kappa shape index (κ1) is 15.6. The van der Waals surface area contributed by atoms with Crippen molar-refractivity contribution in [1.82, 2.24) is 15.2 Å². The summed E-state index contributed by atoms with van der Waals surface area (Å²) < 4.78 is 0. The van der Waals surface area contributed by atoms with Gasteiger partial charge in [0.05, 0.1) is 6.20 Å². The van der Waals surface area contributed by atoms with Gasteiger partial charge in [-0.15, -0.1) is 11.3 Å². The molecular weight excluding hydrogens is 314 g/mol. The Hall–Kier alpha value is -1.24. The molecule has 0 radical (unpaired) electrons. The van der Waals surface area contributed by atoms with E-state index in [0.717, 1.165) is 23.7 Å². The highest BCUT2D eigenvalue weighted by molar-refractivity contribution is 7.17. The fourth-order valence-electron chi connectivity index (χ4n) is 2.79. The van der Waals surface area contributed by atoms with Crippen molar-refractivity contribution < 1.29 is 4.79 Å². The highest BCUT2D eigenvalue weighted by Crippen LogP contribution is 2.26. The zero-order valence-electron chi connectivity index (χ0n) is 12.7. The number of amides is 1. The third-order valence-electron chi connectivity index (χ3n) is 4.12. The average molecular weight is 335 g/mol. The van der Waals surface area contributed by atoms with E-state index in [9.17, 15) is 4.79 Å². The van der Waals surface area contributed by atoms with Gasteiger partial charge in [0.1, 0.15) is 9.88 Å². The highest BCUT2D eigenvalue weighted by atomic mass is 32.1. The first-order valence-electron chi connectivity index (χ1n) is 7.74. The van der Waals surface area contributed by atoms with Crippen LogP contribution in [-0.4, -0.2) is 41.5 Å². The lowest BCUT2D eigenvalue weighted by Gasteiger charge is -2.33. The normalized spacial score (nSPS) is 19.2. The van der Waals surface area contributed by atoms with E-state index < -0.39 is 0 Å². The maximum absolute atomic E-state index is 12.2. The van der Waals surface area contributed by atoms with E-state index >= 15 is 0 Å². The molecule has 0 bridgehead atoms. The third-order valence-corrected chi connectivity index (χ3v) is 5.85. The van der Waals surface area contributed by atoms with E-state index in [-0.39, 0.29) is 5.91 Å². The Kier molecular flexibility index (Phi) is 5.23. The smallest absolute Gasteiger partial charge is 0.263 e. The topological polar surface area (TPSA) is 45.2 Å². The average Bonchev–Trinajstić information content (AvgIpc) is 3.20. The summed E-state index contributed by atoms with van der Waals surface area (Å²) in [5.74, 6) is -0.0105. The van der Waals surface area contributed by atoms with Crippen LogP contribution < -0.4 is 5.32 Å². The summed E-state index contributed by atoms with van der Waals surface area (Å²) in [7, 11) is 0. The Bertz CT molecular complexity index is 609. The molecule has 0 saturated carbocycles.